The van der Waals surface area contributed by atoms with Crippen molar-refractivity contribution in [2.45, 2.75) is 97.2 Å². The Kier molecular flexibility index (Phi) is 6.59. The average molecular weight is 459 g/mol. The van der Waals surface area contributed by atoms with Gasteiger partial charge in [0.1, 0.15) is 0 Å². The van der Waals surface area contributed by atoms with Crippen molar-refractivity contribution in [1.82, 2.24) is 0 Å². The predicted molar refractivity (Wildman–Crippen MR) is 119 cm³/mol. The first-order valence-electron chi connectivity index (χ1n) is 12.5. The molecule has 10 atom stereocenters. The Balaban J connectivity index is 1.52. The zero-order valence-electron chi connectivity index (χ0n) is 19.4. The van der Waals surface area contributed by atoms with Gasteiger partial charge in [0.2, 0.25) is 0 Å². The Hall–Kier alpha value is -0.210. The maximum Gasteiger partial charge on any atom is 0.397 e. The molecule has 0 aliphatic heterocycles. The Morgan fingerprint density at radius 1 is 0.968 bits per heavy atom. The summed E-state index contributed by atoms with van der Waals surface area (Å²) in [5.41, 5.74) is 0.391. The molecular formula is C24H42O6S. The number of aliphatic hydroxyl groups is 2. The monoisotopic (exact) mass is 458 g/mol. The first kappa shape index (κ1) is 23.9. The van der Waals surface area contributed by atoms with Gasteiger partial charge in [0, 0.05) is 0 Å². The van der Waals surface area contributed by atoms with Gasteiger partial charge >= 0.3 is 10.4 Å². The van der Waals surface area contributed by atoms with E-state index in [2.05, 4.69) is 25.0 Å². The van der Waals surface area contributed by atoms with Gasteiger partial charge in [-0.1, -0.05) is 27.2 Å². The smallest absolute Gasteiger partial charge is 0.393 e. The van der Waals surface area contributed by atoms with E-state index in [1.165, 1.54) is 0 Å². The maximum atomic E-state index is 11.7. The van der Waals surface area contributed by atoms with Crippen molar-refractivity contribution in [1.29, 1.82) is 0 Å². The second kappa shape index (κ2) is 8.53. The molecule has 4 rings (SSSR count). The van der Waals surface area contributed by atoms with Crippen LogP contribution in [0.5, 0.6) is 0 Å². The lowest BCUT2D eigenvalue weighted by molar-refractivity contribution is -0.202. The number of hydrogen-bond donors (Lipinski definition) is 3. The topological polar surface area (TPSA) is 104 Å². The second-order valence-corrected chi connectivity index (χ2v) is 12.7. The quantitative estimate of drug-likeness (QED) is 0.407. The van der Waals surface area contributed by atoms with Gasteiger partial charge in [-0.2, -0.15) is 8.42 Å². The van der Waals surface area contributed by atoms with Crippen LogP contribution in [0.3, 0.4) is 0 Å². The number of aliphatic hydroxyl groups excluding tert-OH is 2. The lowest BCUT2D eigenvalue weighted by Gasteiger charge is -2.64. The van der Waals surface area contributed by atoms with Crippen LogP contribution in [0.25, 0.3) is 0 Å². The van der Waals surface area contributed by atoms with Crippen LogP contribution < -0.4 is 0 Å². The van der Waals surface area contributed by atoms with Crippen LogP contribution >= 0.6 is 0 Å². The summed E-state index contributed by atoms with van der Waals surface area (Å²) in [7, 11) is -4.36. The number of fused-ring (bicyclic) bond motifs is 5. The van der Waals surface area contributed by atoms with Crippen molar-refractivity contribution < 1.29 is 27.4 Å². The Morgan fingerprint density at radius 2 is 1.65 bits per heavy atom. The highest BCUT2D eigenvalue weighted by Crippen LogP contribution is 2.69. The van der Waals surface area contributed by atoms with E-state index in [-0.39, 0.29) is 35.6 Å². The summed E-state index contributed by atoms with van der Waals surface area (Å²) in [5.74, 6) is 2.56. The van der Waals surface area contributed by atoms with E-state index in [9.17, 15) is 18.6 Å². The highest BCUT2D eigenvalue weighted by molar-refractivity contribution is 7.80. The molecule has 0 aromatic carbocycles. The van der Waals surface area contributed by atoms with Gasteiger partial charge in [0.25, 0.3) is 0 Å². The van der Waals surface area contributed by atoms with Gasteiger partial charge in [0.05, 0.1) is 18.8 Å². The first-order chi connectivity index (χ1) is 14.5. The lowest BCUT2D eigenvalue weighted by atomic mass is 9.41. The van der Waals surface area contributed by atoms with Crippen molar-refractivity contribution in [3.05, 3.63) is 0 Å². The third-order valence-corrected chi connectivity index (χ3v) is 11.0. The molecule has 2 unspecified atom stereocenters. The molecule has 4 fully saturated rings. The zero-order valence-corrected chi connectivity index (χ0v) is 20.2. The van der Waals surface area contributed by atoms with Crippen molar-refractivity contribution in [2.24, 2.45) is 46.3 Å². The van der Waals surface area contributed by atoms with Gasteiger partial charge in [-0.25, -0.2) is 4.18 Å². The minimum absolute atomic E-state index is 0.0325. The molecule has 3 N–H and O–H groups in total. The Morgan fingerprint density at radius 3 is 2.32 bits per heavy atom. The van der Waals surface area contributed by atoms with Crippen molar-refractivity contribution in [3.63, 3.8) is 0 Å². The predicted octanol–water partition coefficient (Wildman–Crippen LogP) is 4.21. The molecule has 0 heterocycles. The van der Waals surface area contributed by atoms with Gasteiger partial charge in [-0.05, 0) is 104 Å². The molecule has 180 valence electrons. The van der Waals surface area contributed by atoms with E-state index >= 15 is 0 Å². The molecule has 0 bridgehead atoms. The molecule has 0 saturated heterocycles. The first-order valence-corrected chi connectivity index (χ1v) is 13.9. The Labute approximate surface area is 188 Å². The lowest BCUT2D eigenvalue weighted by Crippen LogP contribution is -2.62. The molecule has 6 nitrogen and oxygen atoms in total. The summed E-state index contributed by atoms with van der Waals surface area (Å²) in [6.07, 6.45) is 9.36. The SMILES string of the molecule is CC[C@H]1[C@@H](O)[C@H]2C3CC[C@H](CCCOS(=O)(=O)O)[C@@]3(C)CCC2[C@@]2(C)CC[C@@H](O)C[C@@H]12. The summed E-state index contributed by atoms with van der Waals surface area (Å²) in [5, 5.41) is 22.1. The molecule has 0 radical (unpaired) electrons. The maximum absolute atomic E-state index is 11.7. The van der Waals surface area contributed by atoms with Crippen LogP contribution in [0.15, 0.2) is 0 Å². The van der Waals surface area contributed by atoms with Crippen molar-refractivity contribution in [2.75, 3.05) is 6.61 Å². The van der Waals surface area contributed by atoms with Crippen LogP contribution in [0.4, 0.5) is 0 Å². The van der Waals surface area contributed by atoms with E-state index < -0.39 is 10.4 Å². The summed E-state index contributed by atoms with van der Waals surface area (Å²) >= 11 is 0. The highest BCUT2D eigenvalue weighted by atomic mass is 32.3. The fourth-order valence-electron chi connectivity index (χ4n) is 9.03. The highest BCUT2D eigenvalue weighted by Gasteiger charge is 2.64. The minimum Gasteiger partial charge on any atom is -0.393 e. The molecule has 4 saturated carbocycles. The third kappa shape index (κ3) is 4.11. The van der Waals surface area contributed by atoms with Gasteiger partial charge < -0.3 is 10.2 Å². The molecule has 7 heteroatoms. The summed E-state index contributed by atoms with van der Waals surface area (Å²) in [6, 6.07) is 0. The third-order valence-electron chi connectivity index (χ3n) is 10.5. The fourth-order valence-corrected chi connectivity index (χ4v) is 9.36. The van der Waals surface area contributed by atoms with Crippen LogP contribution in [-0.2, 0) is 14.6 Å². The van der Waals surface area contributed by atoms with Crippen molar-refractivity contribution >= 4 is 10.4 Å². The molecule has 4 aliphatic rings. The van der Waals surface area contributed by atoms with Gasteiger partial charge in [-0.3, -0.25) is 4.55 Å². The summed E-state index contributed by atoms with van der Waals surface area (Å²) in [4.78, 5) is 0. The van der Waals surface area contributed by atoms with Crippen LogP contribution in [0.1, 0.15) is 85.0 Å². The van der Waals surface area contributed by atoms with Crippen LogP contribution in [0, 0.1) is 46.3 Å². The normalized spacial score (nSPS) is 49.9. The van der Waals surface area contributed by atoms with E-state index in [0.717, 1.165) is 57.8 Å². The largest absolute Gasteiger partial charge is 0.397 e. The van der Waals surface area contributed by atoms with E-state index in [1.54, 1.807) is 0 Å². The molecule has 4 aliphatic carbocycles. The van der Waals surface area contributed by atoms with E-state index in [1.807, 2.05) is 0 Å². The fraction of sp³-hybridized carbons (Fsp3) is 1.00. The standard InChI is InChI=1S/C24H42O6S/c1-4-17-20-14-16(25)9-11-24(20,3)19-10-12-23(2)15(6-5-13-30-31(27,28)29)7-8-18(23)21(19)22(17)26/h15-22,25-26H,4-14H2,1-3H3,(H,27,28,29)/t15-,16+,17+,18?,19?,20-,21-,22+,23+,24+/m0/s1. The minimum atomic E-state index is -4.36. The van der Waals surface area contributed by atoms with Crippen molar-refractivity contribution in [3.8, 4) is 0 Å². The average Bonchev–Trinajstić information content (AvgIpc) is 3.02. The summed E-state index contributed by atoms with van der Waals surface area (Å²) < 4.78 is 35.0. The second-order valence-electron chi connectivity index (χ2n) is 11.6. The number of hydrogen-bond acceptors (Lipinski definition) is 5. The van der Waals surface area contributed by atoms with E-state index in [0.29, 0.717) is 36.0 Å². The van der Waals surface area contributed by atoms with Crippen LogP contribution in [0.2, 0.25) is 0 Å². The number of rotatable bonds is 6. The molecule has 0 amide bonds. The van der Waals surface area contributed by atoms with Gasteiger partial charge in [-0.15, -0.1) is 0 Å². The molecule has 31 heavy (non-hydrogen) atoms. The summed E-state index contributed by atoms with van der Waals surface area (Å²) in [6.45, 7) is 7.09. The molecular weight excluding hydrogens is 416 g/mol. The Bertz CT molecular complexity index is 755. The molecule has 0 spiro atoms. The zero-order chi connectivity index (χ0) is 22.6. The van der Waals surface area contributed by atoms with Gasteiger partial charge in [0.15, 0.2) is 0 Å². The molecule has 0 aromatic rings. The van der Waals surface area contributed by atoms with Crippen LogP contribution in [-0.4, -0.2) is 42.0 Å². The molecule has 0 aromatic heterocycles. The van der Waals surface area contributed by atoms with E-state index in [4.69, 9.17) is 4.55 Å².